The van der Waals surface area contributed by atoms with Crippen LogP contribution in [0, 0.1) is 0 Å². The molecule has 0 aliphatic heterocycles. The Balaban J connectivity index is 0.000000422. The van der Waals surface area contributed by atoms with Gasteiger partial charge in [0.1, 0.15) is 0 Å². The van der Waals surface area contributed by atoms with E-state index in [4.69, 9.17) is 13.0 Å². The zero-order chi connectivity index (χ0) is 17.3. The molecule has 0 bridgehead atoms. The molecule has 22 heavy (non-hydrogen) atoms. The van der Waals surface area contributed by atoms with Crippen LogP contribution >= 0.6 is 10.5 Å². The van der Waals surface area contributed by atoms with Gasteiger partial charge in [-0.15, -0.1) is 13.2 Å². The average molecular weight is 354 g/mol. The van der Waals surface area contributed by atoms with Gasteiger partial charge in [0, 0.05) is 23.1 Å². The highest BCUT2D eigenvalue weighted by molar-refractivity contribution is 7.84. The van der Waals surface area contributed by atoms with Crippen molar-refractivity contribution in [2.75, 3.05) is 6.26 Å². The molecule has 2 rings (SSSR count). The Morgan fingerprint density at radius 1 is 1.09 bits per heavy atom. The standard InChI is InChI=1S/C13H14F3S.CH4O3S/c1-12(2,3)11-8-9-6-4-5-7-10(9)17(11)13(14,15)16;1-5(2,3)4/h4-8H,1-3H3;1H3,(H,2,3,4)/q+1;/p-1. The lowest BCUT2D eigenvalue weighted by atomic mass is 9.94. The van der Waals surface area contributed by atoms with Crippen molar-refractivity contribution in [3.63, 3.8) is 0 Å². The maximum absolute atomic E-state index is 13.2. The summed E-state index contributed by atoms with van der Waals surface area (Å²) in [6.45, 7) is 5.49. The lowest BCUT2D eigenvalue weighted by molar-refractivity contribution is -0.0869. The van der Waals surface area contributed by atoms with Crippen LogP contribution in [0.3, 0.4) is 0 Å². The largest absolute Gasteiger partial charge is 0.748 e. The lowest BCUT2D eigenvalue weighted by Crippen LogP contribution is -2.12. The molecule has 124 valence electrons. The third-order valence-electron chi connectivity index (χ3n) is 2.62. The van der Waals surface area contributed by atoms with Gasteiger partial charge in [0.15, 0.2) is 9.58 Å². The third-order valence-corrected chi connectivity index (χ3v) is 5.06. The van der Waals surface area contributed by atoms with E-state index in [-0.39, 0.29) is 0 Å². The van der Waals surface area contributed by atoms with Crippen LogP contribution in [0.5, 0.6) is 0 Å². The molecule has 1 heterocycles. The van der Waals surface area contributed by atoms with Gasteiger partial charge in [-0.1, -0.05) is 32.9 Å². The highest BCUT2D eigenvalue weighted by Crippen LogP contribution is 2.53. The van der Waals surface area contributed by atoms with Crippen LogP contribution < -0.4 is 0 Å². The van der Waals surface area contributed by atoms with Gasteiger partial charge in [0.2, 0.25) is 0 Å². The zero-order valence-corrected chi connectivity index (χ0v) is 14.2. The first-order valence-corrected chi connectivity index (χ1v) is 9.28. The average Bonchev–Trinajstić information content (AvgIpc) is 2.64. The molecule has 0 N–H and O–H groups in total. The summed E-state index contributed by atoms with van der Waals surface area (Å²) in [6.07, 6.45) is 0.604. The van der Waals surface area contributed by atoms with Gasteiger partial charge in [-0.3, -0.25) is 0 Å². The number of rotatable bonds is 0. The highest BCUT2D eigenvalue weighted by Gasteiger charge is 2.50. The Morgan fingerprint density at radius 2 is 1.55 bits per heavy atom. The molecular weight excluding hydrogens is 337 g/mol. The molecule has 1 atom stereocenters. The van der Waals surface area contributed by atoms with E-state index in [9.17, 15) is 13.2 Å². The zero-order valence-electron chi connectivity index (χ0n) is 12.6. The summed E-state index contributed by atoms with van der Waals surface area (Å²) in [4.78, 5) is 0.478. The Hall–Kier alpha value is -1.12. The Morgan fingerprint density at radius 3 is 1.95 bits per heavy atom. The van der Waals surface area contributed by atoms with Gasteiger partial charge >= 0.3 is 5.51 Å². The second kappa shape index (κ2) is 6.17. The number of alkyl halides is 3. The summed E-state index contributed by atoms with van der Waals surface area (Å²) >= 11 is 0. The van der Waals surface area contributed by atoms with E-state index in [0.29, 0.717) is 21.2 Å². The van der Waals surface area contributed by atoms with Crippen molar-refractivity contribution in [3.05, 3.63) is 35.2 Å². The number of fused-ring (bicyclic) bond motifs is 1. The van der Waals surface area contributed by atoms with E-state index in [2.05, 4.69) is 0 Å². The minimum absolute atomic E-state index is 0.407. The first-order valence-electron chi connectivity index (χ1n) is 6.24. The summed E-state index contributed by atoms with van der Waals surface area (Å²) < 4.78 is 67.2. The molecule has 0 spiro atoms. The van der Waals surface area contributed by atoms with E-state index >= 15 is 0 Å². The van der Waals surface area contributed by atoms with Gasteiger partial charge in [-0.05, 0) is 12.1 Å². The van der Waals surface area contributed by atoms with Crippen molar-refractivity contribution in [1.29, 1.82) is 0 Å². The first kappa shape index (κ1) is 18.9. The summed E-state index contributed by atoms with van der Waals surface area (Å²) in [6, 6.07) is 8.48. The smallest absolute Gasteiger partial charge is 0.600 e. The quantitative estimate of drug-likeness (QED) is 0.516. The summed E-state index contributed by atoms with van der Waals surface area (Å²) in [5.41, 5.74) is -4.65. The van der Waals surface area contributed by atoms with Crippen LogP contribution in [-0.4, -0.2) is 19.2 Å². The van der Waals surface area contributed by atoms with Crippen LogP contribution in [0.25, 0.3) is 10.1 Å². The summed E-state index contributed by atoms with van der Waals surface area (Å²) in [5.74, 6) is 0. The minimum atomic E-state index is -4.19. The van der Waals surface area contributed by atoms with Crippen LogP contribution in [0.1, 0.15) is 25.6 Å². The molecule has 0 aliphatic rings. The predicted molar refractivity (Wildman–Crippen MR) is 82.0 cm³/mol. The molecule has 1 aromatic heterocycles. The minimum Gasteiger partial charge on any atom is -0.748 e. The monoisotopic (exact) mass is 354 g/mol. The van der Waals surface area contributed by atoms with Crippen molar-refractivity contribution < 1.29 is 26.1 Å². The lowest BCUT2D eigenvalue weighted by Gasteiger charge is -2.13. The first-order chi connectivity index (χ1) is 9.71. The van der Waals surface area contributed by atoms with Gasteiger partial charge in [0.05, 0.1) is 20.6 Å². The second-order valence-electron chi connectivity index (χ2n) is 5.75. The molecule has 0 radical (unpaired) electrons. The van der Waals surface area contributed by atoms with E-state index in [1.165, 1.54) is 0 Å². The number of thiophene rings is 1. The normalized spacial score (nSPS) is 13.7. The molecule has 0 aliphatic carbocycles. The molecule has 0 saturated heterocycles. The third kappa shape index (κ3) is 5.26. The maximum atomic E-state index is 13.2. The Kier molecular flexibility index (Phi) is 5.31. The SMILES string of the molecule is CC(C)(C)c1cc2ccccc2[s+]1C(F)(F)F.CS(=O)(=O)[O-]. The van der Waals surface area contributed by atoms with Gasteiger partial charge in [0.25, 0.3) is 0 Å². The Bertz CT molecular complexity index is 746. The molecule has 0 amide bonds. The molecular formula is C14H17F3O3S2. The van der Waals surface area contributed by atoms with Gasteiger partial charge in [-0.2, -0.15) is 0 Å². The van der Waals surface area contributed by atoms with Crippen LogP contribution in [0.15, 0.2) is 30.3 Å². The molecule has 3 nitrogen and oxygen atoms in total. The maximum Gasteiger partial charge on any atom is 0.600 e. The van der Waals surface area contributed by atoms with Crippen molar-refractivity contribution in [1.82, 2.24) is 0 Å². The topological polar surface area (TPSA) is 57.2 Å². The fraction of sp³-hybridized carbons (Fsp3) is 0.429. The predicted octanol–water partition coefficient (Wildman–Crippen LogP) is 4.52. The second-order valence-corrected chi connectivity index (χ2v) is 9.12. The van der Waals surface area contributed by atoms with E-state index in [0.717, 1.165) is 0 Å². The summed E-state index contributed by atoms with van der Waals surface area (Å²) in [7, 11) is -5.68. The van der Waals surface area contributed by atoms with Crippen molar-refractivity contribution in [2.45, 2.75) is 31.7 Å². The van der Waals surface area contributed by atoms with Gasteiger partial charge in [-0.25, -0.2) is 8.42 Å². The van der Waals surface area contributed by atoms with Gasteiger partial charge < -0.3 is 4.55 Å². The molecule has 1 aromatic carbocycles. The van der Waals surface area contributed by atoms with E-state index in [1.54, 1.807) is 30.3 Å². The van der Waals surface area contributed by atoms with Crippen LogP contribution in [-0.2, 0) is 21.0 Å². The number of hydrogen-bond acceptors (Lipinski definition) is 3. The van der Waals surface area contributed by atoms with Crippen molar-refractivity contribution in [2.24, 2.45) is 0 Å². The Labute approximate surface area is 130 Å². The van der Waals surface area contributed by atoms with Crippen LogP contribution in [0.4, 0.5) is 13.2 Å². The number of halogens is 3. The fourth-order valence-corrected chi connectivity index (χ4v) is 4.05. The highest BCUT2D eigenvalue weighted by atomic mass is 32.2. The van der Waals surface area contributed by atoms with E-state index < -0.39 is 31.5 Å². The number of benzene rings is 1. The molecule has 2 aromatic rings. The summed E-state index contributed by atoms with van der Waals surface area (Å²) in [5, 5.41) is 0.707. The van der Waals surface area contributed by atoms with E-state index in [1.807, 2.05) is 20.8 Å². The fourth-order valence-electron chi connectivity index (χ4n) is 1.88. The molecule has 0 fully saturated rings. The molecule has 8 heteroatoms. The van der Waals surface area contributed by atoms with Crippen molar-refractivity contribution in [3.8, 4) is 0 Å². The molecule has 0 saturated carbocycles. The van der Waals surface area contributed by atoms with Crippen LogP contribution in [0.2, 0.25) is 0 Å². The number of hydrogen-bond donors (Lipinski definition) is 0. The molecule has 1 unspecified atom stereocenters. The van der Waals surface area contributed by atoms with Crippen molar-refractivity contribution >= 4 is 30.7 Å².